The van der Waals surface area contributed by atoms with Crippen LogP contribution in [0.2, 0.25) is 0 Å². The molecule has 0 atom stereocenters. The van der Waals surface area contributed by atoms with Gasteiger partial charge in [0, 0.05) is 6.07 Å². The second kappa shape index (κ2) is 5.54. The second-order valence-electron chi connectivity index (χ2n) is 4.22. The molecular formula is C14H8F2N2O3. The molecule has 2 aromatic carbocycles. The van der Waals surface area contributed by atoms with Gasteiger partial charge in [-0.3, -0.25) is 10.1 Å². The molecule has 5 nitrogen and oxygen atoms in total. The summed E-state index contributed by atoms with van der Waals surface area (Å²) in [5.41, 5.74) is 0.182. The molecule has 106 valence electrons. The minimum atomic E-state index is -1.45. The number of aryl methyl sites for hydroxylation is 1. The second-order valence-corrected chi connectivity index (χ2v) is 4.22. The van der Waals surface area contributed by atoms with Crippen LogP contribution >= 0.6 is 0 Å². The first-order valence-electron chi connectivity index (χ1n) is 5.74. The molecule has 0 bridgehead atoms. The molecule has 0 amide bonds. The molecule has 0 aliphatic carbocycles. The molecule has 7 heteroatoms. The van der Waals surface area contributed by atoms with Crippen molar-refractivity contribution >= 4 is 5.69 Å². The quantitative estimate of drug-likeness (QED) is 0.635. The van der Waals surface area contributed by atoms with Gasteiger partial charge in [0.25, 0.3) is 0 Å². The molecule has 0 aromatic heterocycles. The van der Waals surface area contributed by atoms with Crippen LogP contribution in [-0.2, 0) is 0 Å². The van der Waals surface area contributed by atoms with E-state index in [9.17, 15) is 18.9 Å². The summed E-state index contributed by atoms with van der Waals surface area (Å²) in [6, 6.07) is 7.63. The summed E-state index contributed by atoms with van der Waals surface area (Å²) in [5, 5.41) is 19.7. The Morgan fingerprint density at radius 3 is 2.62 bits per heavy atom. The third-order valence-electron chi connectivity index (χ3n) is 2.63. The zero-order chi connectivity index (χ0) is 15.6. The van der Waals surface area contributed by atoms with E-state index in [2.05, 4.69) is 0 Å². The molecule has 0 spiro atoms. The maximum atomic E-state index is 13.7. The molecule has 0 fully saturated rings. The first-order valence-corrected chi connectivity index (χ1v) is 5.74. The summed E-state index contributed by atoms with van der Waals surface area (Å²) in [7, 11) is 0. The van der Waals surface area contributed by atoms with E-state index in [0.29, 0.717) is 11.6 Å². The Balaban J connectivity index is 2.54. The van der Waals surface area contributed by atoms with Crippen LogP contribution in [0.5, 0.6) is 11.5 Å². The summed E-state index contributed by atoms with van der Waals surface area (Å²) >= 11 is 0. The fraction of sp³-hybridized carbons (Fsp3) is 0.0714. The monoisotopic (exact) mass is 290 g/mol. The van der Waals surface area contributed by atoms with Crippen molar-refractivity contribution in [3.8, 4) is 17.6 Å². The highest BCUT2D eigenvalue weighted by Gasteiger charge is 2.24. The maximum absolute atomic E-state index is 13.7. The summed E-state index contributed by atoms with van der Waals surface area (Å²) in [6.45, 7) is 1.67. The van der Waals surface area contributed by atoms with Gasteiger partial charge >= 0.3 is 5.69 Å². The number of benzene rings is 2. The van der Waals surface area contributed by atoms with Crippen molar-refractivity contribution in [2.24, 2.45) is 0 Å². The maximum Gasteiger partial charge on any atom is 0.314 e. The van der Waals surface area contributed by atoms with Gasteiger partial charge in [-0.25, -0.2) is 4.39 Å². The lowest BCUT2D eigenvalue weighted by atomic mass is 10.1. The van der Waals surface area contributed by atoms with Crippen molar-refractivity contribution < 1.29 is 18.4 Å². The minimum Gasteiger partial charge on any atom is -0.447 e. The van der Waals surface area contributed by atoms with Gasteiger partial charge in [0.15, 0.2) is 5.82 Å². The molecule has 0 aliphatic rings. The molecule has 0 radical (unpaired) electrons. The fourth-order valence-corrected chi connectivity index (χ4v) is 1.75. The Morgan fingerprint density at radius 1 is 1.29 bits per heavy atom. The van der Waals surface area contributed by atoms with Crippen LogP contribution in [0.25, 0.3) is 0 Å². The highest BCUT2D eigenvalue weighted by Crippen LogP contribution is 2.35. The lowest BCUT2D eigenvalue weighted by Crippen LogP contribution is -1.99. The number of ether oxygens (including phenoxy) is 1. The van der Waals surface area contributed by atoms with Crippen LogP contribution < -0.4 is 4.74 Å². The number of nitrogens with zero attached hydrogens (tertiary/aromatic N) is 2. The van der Waals surface area contributed by atoms with Crippen molar-refractivity contribution in [3.05, 3.63) is 63.2 Å². The SMILES string of the molecule is Cc1cc(C#N)cc(Oc2c([N+](=O)[O-])ccc(F)c2F)c1. The Morgan fingerprint density at radius 2 is 2.00 bits per heavy atom. The van der Waals surface area contributed by atoms with Crippen molar-refractivity contribution in [3.63, 3.8) is 0 Å². The summed E-state index contributed by atoms with van der Waals surface area (Å²) in [5.74, 6) is -3.53. The Labute approximate surface area is 118 Å². The summed E-state index contributed by atoms with van der Waals surface area (Å²) < 4.78 is 32.0. The third kappa shape index (κ3) is 2.95. The molecule has 0 heterocycles. The normalized spacial score (nSPS) is 10.0. The zero-order valence-corrected chi connectivity index (χ0v) is 10.8. The van der Waals surface area contributed by atoms with Gasteiger partial charge in [-0.15, -0.1) is 0 Å². The fourth-order valence-electron chi connectivity index (χ4n) is 1.75. The zero-order valence-electron chi connectivity index (χ0n) is 10.8. The smallest absolute Gasteiger partial charge is 0.314 e. The van der Waals surface area contributed by atoms with Gasteiger partial charge in [-0.05, 0) is 36.8 Å². The molecule has 0 saturated heterocycles. The number of nitriles is 1. The van der Waals surface area contributed by atoms with Gasteiger partial charge in [0.2, 0.25) is 11.6 Å². The van der Waals surface area contributed by atoms with Gasteiger partial charge in [-0.1, -0.05) is 0 Å². The number of hydrogen-bond acceptors (Lipinski definition) is 4. The topological polar surface area (TPSA) is 76.2 Å². The standard InChI is InChI=1S/C14H8F2N2O3/c1-8-4-9(7-17)6-10(5-8)21-14-12(18(19)20)3-2-11(15)13(14)16/h2-6H,1H3. The van der Waals surface area contributed by atoms with Crippen molar-refractivity contribution in [1.29, 1.82) is 5.26 Å². The van der Waals surface area contributed by atoms with Gasteiger partial charge in [-0.2, -0.15) is 9.65 Å². The predicted molar refractivity (Wildman–Crippen MR) is 69.0 cm³/mol. The summed E-state index contributed by atoms with van der Waals surface area (Å²) in [4.78, 5) is 9.97. The van der Waals surface area contributed by atoms with E-state index < -0.39 is 28.0 Å². The van der Waals surface area contributed by atoms with E-state index in [0.717, 1.165) is 6.07 Å². The Bertz CT molecular complexity index is 770. The van der Waals surface area contributed by atoms with Gasteiger partial charge < -0.3 is 4.74 Å². The lowest BCUT2D eigenvalue weighted by molar-refractivity contribution is -0.385. The number of nitro benzene ring substituents is 1. The van der Waals surface area contributed by atoms with Crippen molar-refractivity contribution in [2.45, 2.75) is 6.92 Å². The van der Waals surface area contributed by atoms with Gasteiger partial charge in [0.05, 0.1) is 16.6 Å². The first kappa shape index (κ1) is 14.4. The lowest BCUT2D eigenvalue weighted by Gasteiger charge is -2.09. The number of halogens is 2. The number of nitro groups is 1. The van der Waals surface area contributed by atoms with E-state index in [1.807, 2.05) is 6.07 Å². The highest BCUT2D eigenvalue weighted by molar-refractivity contribution is 5.51. The van der Waals surface area contributed by atoms with Crippen LogP contribution in [0.4, 0.5) is 14.5 Å². The molecular weight excluding hydrogens is 282 g/mol. The Hall–Kier alpha value is -3.01. The minimum absolute atomic E-state index is 0.0131. The molecule has 0 unspecified atom stereocenters. The van der Waals surface area contributed by atoms with E-state index in [-0.39, 0.29) is 11.3 Å². The number of rotatable bonds is 3. The number of hydrogen-bond donors (Lipinski definition) is 0. The average molecular weight is 290 g/mol. The van der Waals surface area contributed by atoms with E-state index in [1.165, 1.54) is 12.1 Å². The van der Waals surface area contributed by atoms with Crippen LogP contribution in [0, 0.1) is 40.0 Å². The molecule has 2 aromatic rings. The van der Waals surface area contributed by atoms with E-state index in [1.54, 1.807) is 13.0 Å². The van der Waals surface area contributed by atoms with Crippen LogP contribution in [0.3, 0.4) is 0 Å². The molecule has 0 N–H and O–H groups in total. The van der Waals surface area contributed by atoms with Crippen LogP contribution in [-0.4, -0.2) is 4.92 Å². The van der Waals surface area contributed by atoms with Gasteiger partial charge in [0.1, 0.15) is 5.75 Å². The molecule has 0 aliphatic heterocycles. The third-order valence-corrected chi connectivity index (χ3v) is 2.63. The first-order chi connectivity index (χ1) is 9.92. The van der Waals surface area contributed by atoms with Crippen molar-refractivity contribution in [2.75, 3.05) is 0 Å². The van der Waals surface area contributed by atoms with E-state index >= 15 is 0 Å². The van der Waals surface area contributed by atoms with E-state index in [4.69, 9.17) is 10.00 Å². The average Bonchev–Trinajstić information content (AvgIpc) is 2.43. The predicted octanol–water partition coefficient (Wildman–Crippen LogP) is 3.85. The Kier molecular flexibility index (Phi) is 3.80. The largest absolute Gasteiger partial charge is 0.447 e. The molecule has 2 rings (SSSR count). The summed E-state index contributed by atoms with van der Waals surface area (Å²) in [6.07, 6.45) is 0. The van der Waals surface area contributed by atoms with Crippen LogP contribution in [0.15, 0.2) is 30.3 Å². The molecule has 21 heavy (non-hydrogen) atoms. The molecule has 0 saturated carbocycles. The highest BCUT2D eigenvalue weighted by atomic mass is 19.2. The van der Waals surface area contributed by atoms with Crippen LogP contribution in [0.1, 0.15) is 11.1 Å². The van der Waals surface area contributed by atoms with Crippen molar-refractivity contribution in [1.82, 2.24) is 0 Å².